The molecule has 2 N–H and O–H groups in total. The van der Waals surface area contributed by atoms with Crippen molar-refractivity contribution in [1.82, 2.24) is 4.90 Å². The van der Waals surface area contributed by atoms with E-state index in [9.17, 15) is 4.79 Å². The molecule has 104 valence electrons. The van der Waals surface area contributed by atoms with Gasteiger partial charge in [-0.1, -0.05) is 19.1 Å². The van der Waals surface area contributed by atoms with Gasteiger partial charge >= 0.3 is 0 Å². The van der Waals surface area contributed by atoms with E-state index in [-0.39, 0.29) is 11.9 Å². The molecule has 4 nitrogen and oxygen atoms in total. The third kappa shape index (κ3) is 3.47. The van der Waals surface area contributed by atoms with Crippen molar-refractivity contribution in [3.8, 4) is 5.75 Å². The number of benzene rings is 1. The number of carbonyl (C=O) groups is 1. The Hall–Kier alpha value is -1.55. The fourth-order valence-electron chi connectivity index (χ4n) is 2.35. The van der Waals surface area contributed by atoms with Gasteiger partial charge in [0.2, 0.25) is 0 Å². The van der Waals surface area contributed by atoms with Crippen molar-refractivity contribution in [2.24, 2.45) is 5.73 Å². The van der Waals surface area contributed by atoms with E-state index < -0.39 is 6.10 Å². The van der Waals surface area contributed by atoms with E-state index in [4.69, 9.17) is 10.5 Å². The summed E-state index contributed by atoms with van der Waals surface area (Å²) in [6, 6.07) is 7.90. The molecule has 0 unspecified atom stereocenters. The van der Waals surface area contributed by atoms with E-state index in [0.717, 1.165) is 24.3 Å². The van der Waals surface area contributed by atoms with E-state index in [0.29, 0.717) is 13.0 Å². The summed E-state index contributed by atoms with van der Waals surface area (Å²) in [6.45, 7) is 5.36. The van der Waals surface area contributed by atoms with Crippen molar-refractivity contribution in [3.63, 3.8) is 0 Å². The van der Waals surface area contributed by atoms with Crippen LogP contribution in [0.3, 0.4) is 0 Å². The monoisotopic (exact) mass is 262 g/mol. The summed E-state index contributed by atoms with van der Waals surface area (Å²) in [5, 5.41) is 0. The Balaban J connectivity index is 2.01. The predicted molar refractivity (Wildman–Crippen MR) is 75.1 cm³/mol. The summed E-state index contributed by atoms with van der Waals surface area (Å²) < 4.78 is 5.82. The van der Waals surface area contributed by atoms with Crippen LogP contribution in [-0.4, -0.2) is 36.0 Å². The minimum absolute atomic E-state index is 0.0527. The second kappa shape index (κ2) is 6.06. The second-order valence-electron chi connectivity index (χ2n) is 5.16. The number of carbonyl (C=O) groups excluding carboxylic acids is 1. The lowest BCUT2D eigenvalue weighted by atomic mass is 10.2. The lowest BCUT2D eigenvalue weighted by Gasteiger charge is -2.23. The first-order valence-electron chi connectivity index (χ1n) is 6.88. The number of rotatable bonds is 4. The van der Waals surface area contributed by atoms with Crippen molar-refractivity contribution >= 4 is 5.91 Å². The Morgan fingerprint density at radius 3 is 2.95 bits per heavy atom. The topological polar surface area (TPSA) is 55.6 Å². The lowest BCUT2D eigenvalue weighted by molar-refractivity contribution is -0.137. The zero-order valence-corrected chi connectivity index (χ0v) is 11.6. The van der Waals surface area contributed by atoms with Gasteiger partial charge in [0.25, 0.3) is 5.91 Å². The molecule has 0 radical (unpaired) electrons. The van der Waals surface area contributed by atoms with Crippen LogP contribution in [-0.2, 0) is 4.79 Å². The van der Waals surface area contributed by atoms with Gasteiger partial charge in [-0.05, 0) is 37.5 Å². The quantitative estimate of drug-likeness (QED) is 0.898. The first-order valence-corrected chi connectivity index (χ1v) is 6.88. The van der Waals surface area contributed by atoms with Gasteiger partial charge in [-0.15, -0.1) is 0 Å². The molecule has 1 aromatic rings. The van der Waals surface area contributed by atoms with Gasteiger partial charge in [0.1, 0.15) is 5.75 Å². The Bertz CT molecular complexity index is 448. The molecule has 1 saturated heterocycles. The number of likely N-dealkylation sites (tertiary alicyclic amines) is 1. The molecule has 2 atom stereocenters. The SMILES string of the molecule is CC[C@H](Oc1cccc(C)c1)C(=O)N1CC[C@H](N)C1. The van der Waals surface area contributed by atoms with E-state index in [2.05, 4.69) is 0 Å². The maximum atomic E-state index is 12.4. The molecule has 0 spiro atoms. The van der Waals surface area contributed by atoms with E-state index in [1.165, 1.54) is 0 Å². The highest BCUT2D eigenvalue weighted by Crippen LogP contribution is 2.18. The molecule has 1 amide bonds. The van der Waals surface area contributed by atoms with E-state index >= 15 is 0 Å². The van der Waals surface area contributed by atoms with Crippen LogP contribution in [0.5, 0.6) is 5.75 Å². The van der Waals surface area contributed by atoms with Crippen LogP contribution in [0, 0.1) is 6.92 Å². The van der Waals surface area contributed by atoms with Gasteiger partial charge in [0, 0.05) is 19.1 Å². The number of hydrogen-bond donors (Lipinski definition) is 1. The average molecular weight is 262 g/mol. The van der Waals surface area contributed by atoms with Crippen LogP contribution in [0.15, 0.2) is 24.3 Å². The molecule has 4 heteroatoms. The molecule has 1 aromatic carbocycles. The molecule has 0 aromatic heterocycles. The minimum atomic E-state index is -0.410. The van der Waals surface area contributed by atoms with Crippen molar-refractivity contribution in [1.29, 1.82) is 0 Å². The fraction of sp³-hybridized carbons (Fsp3) is 0.533. The van der Waals surface area contributed by atoms with Crippen LogP contribution in [0.25, 0.3) is 0 Å². The fourth-order valence-corrected chi connectivity index (χ4v) is 2.35. The molecule has 0 saturated carbocycles. The maximum Gasteiger partial charge on any atom is 0.263 e. The third-order valence-corrected chi connectivity index (χ3v) is 3.45. The molecular weight excluding hydrogens is 240 g/mol. The molecule has 1 heterocycles. The molecule has 1 fully saturated rings. The van der Waals surface area contributed by atoms with Crippen LogP contribution < -0.4 is 10.5 Å². The highest BCUT2D eigenvalue weighted by atomic mass is 16.5. The largest absolute Gasteiger partial charge is 0.481 e. The molecule has 0 aliphatic carbocycles. The Labute approximate surface area is 114 Å². The number of amides is 1. The molecule has 0 bridgehead atoms. The molecular formula is C15H22N2O2. The number of ether oxygens (including phenoxy) is 1. The van der Waals surface area contributed by atoms with Crippen molar-refractivity contribution in [2.75, 3.05) is 13.1 Å². The lowest BCUT2D eigenvalue weighted by Crippen LogP contribution is -2.41. The smallest absolute Gasteiger partial charge is 0.263 e. The maximum absolute atomic E-state index is 12.4. The second-order valence-corrected chi connectivity index (χ2v) is 5.16. The normalized spacial score (nSPS) is 20.4. The van der Waals surface area contributed by atoms with Gasteiger partial charge < -0.3 is 15.4 Å². The number of nitrogens with two attached hydrogens (primary N) is 1. The van der Waals surface area contributed by atoms with Gasteiger partial charge in [-0.2, -0.15) is 0 Å². The zero-order chi connectivity index (χ0) is 13.8. The number of aryl methyl sites for hydroxylation is 1. The van der Waals surface area contributed by atoms with Gasteiger partial charge in [-0.3, -0.25) is 4.79 Å². The summed E-state index contributed by atoms with van der Waals surface area (Å²) >= 11 is 0. The van der Waals surface area contributed by atoms with Crippen molar-refractivity contribution in [3.05, 3.63) is 29.8 Å². The van der Waals surface area contributed by atoms with Crippen LogP contribution >= 0.6 is 0 Å². The van der Waals surface area contributed by atoms with Gasteiger partial charge in [-0.25, -0.2) is 0 Å². The van der Waals surface area contributed by atoms with Gasteiger partial charge in [0.05, 0.1) is 0 Å². The molecule has 1 aliphatic heterocycles. The summed E-state index contributed by atoms with van der Waals surface area (Å²) in [7, 11) is 0. The number of hydrogen-bond acceptors (Lipinski definition) is 3. The molecule has 19 heavy (non-hydrogen) atoms. The predicted octanol–water partition coefficient (Wildman–Crippen LogP) is 1.71. The first-order chi connectivity index (χ1) is 9.10. The minimum Gasteiger partial charge on any atom is -0.481 e. The van der Waals surface area contributed by atoms with E-state index in [1.807, 2.05) is 43.0 Å². The van der Waals surface area contributed by atoms with Gasteiger partial charge in [0.15, 0.2) is 6.10 Å². The van der Waals surface area contributed by atoms with Crippen molar-refractivity contribution in [2.45, 2.75) is 38.8 Å². The van der Waals surface area contributed by atoms with Crippen LogP contribution in [0.2, 0.25) is 0 Å². The zero-order valence-electron chi connectivity index (χ0n) is 11.6. The van der Waals surface area contributed by atoms with Crippen molar-refractivity contribution < 1.29 is 9.53 Å². The standard InChI is InChI=1S/C15H22N2O2/c1-3-14(15(18)17-8-7-12(16)10-17)19-13-6-4-5-11(2)9-13/h4-6,9,12,14H,3,7-8,10,16H2,1-2H3/t12-,14-/m0/s1. The summed E-state index contributed by atoms with van der Waals surface area (Å²) in [4.78, 5) is 14.2. The average Bonchev–Trinajstić information content (AvgIpc) is 2.82. The Morgan fingerprint density at radius 1 is 1.58 bits per heavy atom. The summed E-state index contributed by atoms with van der Waals surface area (Å²) in [5.74, 6) is 0.806. The third-order valence-electron chi connectivity index (χ3n) is 3.45. The van der Waals surface area contributed by atoms with Crippen LogP contribution in [0.1, 0.15) is 25.3 Å². The first kappa shape index (κ1) is 13.9. The molecule has 1 aliphatic rings. The van der Waals surface area contributed by atoms with Crippen LogP contribution in [0.4, 0.5) is 0 Å². The molecule has 2 rings (SSSR count). The highest BCUT2D eigenvalue weighted by molar-refractivity contribution is 5.81. The highest BCUT2D eigenvalue weighted by Gasteiger charge is 2.29. The Morgan fingerprint density at radius 2 is 2.37 bits per heavy atom. The number of nitrogens with zero attached hydrogens (tertiary/aromatic N) is 1. The Kier molecular flexibility index (Phi) is 4.43. The summed E-state index contributed by atoms with van der Waals surface area (Å²) in [5.41, 5.74) is 6.97. The van der Waals surface area contributed by atoms with E-state index in [1.54, 1.807) is 0 Å². The summed E-state index contributed by atoms with van der Waals surface area (Å²) in [6.07, 6.45) is 1.14.